The quantitative estimate of drug-likeness (QED) is 0.383. The molecule has 6 rings (SSSR count). The molecular formula is C29H29F3N4O4. The highest BCUT2D eigenvalue weighted by Gasteiger charge is 2.46. The summed E-state index contributed by atoms with van der Waals surface area (Å²) in [5.41, 5.74) is 3.15. The lowest BCUT2D eigenvalue weighted by molar-refractivity contribution is -0.153. The summed E-state index contributed by atoms with van der Waals surface area (Å²) in [6.07, 6.45) is 0.512. The van der Waals surface area contributed by atoms with Crippen molar-refractivity contribution in [3.63, 3.8) is 0 Å². The van der Waals surface area contributed by atoms with Crippen molar-refractivity contribution in [2.75, 3.05) is 6.61 Å². The minimum absolute atomic E-state index is 0.0629. The predicted molar refractivity (Wildman–Crippen MR) is 138 cm³/mol. The summed E-state index contributed by atoms with van der Waals surface area (Å²) in [4.78, 5) is 26.4. The summed E-state index contributed by atoms with van der Waals surface area (Å²) in [6.45, 7) is -0.607. The lowest BCUT2D eigenvalue weighted by Gasteiger charge is -2.35. The van der Waals surface area contributed by atoms with Gasteiger partial charge in [-0.25, -0.2) is 0 Å². The SMILES string of the molecule is O=C(NCc1c2c(nn1CCC1CC1)C[C@]1(CCc3cc(OCC(F)(F)F)ccc31)NC2=O)c1ccc(O)cc1. The zero-order valence-corrected chi connectivity index (χ0v) is 21.7. The monoisotopic (exact) mass is 554 g/mol. The Hall–Kier alpha value is -4.02. The zero-order chi connectivity index (χ0) is 28.1. The predicted octanol–water partition coefficient (Wildman–Crippen LogP) is 4.39. The van der Waals surface area contributed by atoms with Gasteiger partial charge in [0, 0.05) is 18.5 Å². The van der Waals surface area contributed by atoms with Crippen molar-refractivity contribution in [2.24, 2.45) is 5.92 Å². The van der Waals surface area contributed by atoms with Gasteiger partial charge in [-0.05, 0) is 72.7 Å². The number of aromatic hydroxyl groups is 1. The van der Waals surface area contributed by atoms with Gasteiger partial charge in [-0.15, -0.1) is 0 Å². The Balaban J connectivity index is 1.25. The van der Waals surface area contributed by atoms with E-state index in [4.69, 9.17) is 9.84 Å². The number of carbonyl (C=O) groups excluding carboxylic acids is 2. The van der Waals surface area contributed by atoms with Crippen LogP contribution in [0.4, 0.5) is 13.2 Å². The molecule has 0 saturated heterocycles. The van der Waals surface area contributed by atoms with E-state index in [1.807, 2.05) is 4.68 Å². The van der Waals surface area contributed by atoms with Gasteiger partial charge in [-0.3, -0.25) is 14.3 Å². The van der Waals surface area contributed by atoms with Crippen molar-refractivity contribution in [3.05, 3.63) is 76.1 Å². The zero-order valence-electron chi connectivity index (χ0n) is 21.7. The van der Waals surface area contributed by atoms with Crippen molar-refractivity contribution in [2.45, 2.75) is 63.3 Å². The largest absolute Gasteiger partial charge is 0.508 e. The Morgan fingerprint density at radius 3 is 2.70 bits per heavy atom. The number of amides is 2. The van der Waals surface area contributed by atoms with Crippen LogP contribution in [0.25, 0.3) is 0 Å². The number of carbonyl (C=O) groups is 2. The second-order valence-electron chi connectivity index (χ2n) is 10.9. The lowest BCUT2D eigenvalue weighted by Crippen LogP contribution is -2.50. The molecule has 2 aliphatic carbocycles. The van der Waals surface area contributed by atoms with Gasteiger partial charge in [0.05, 0.1) is 29.0 Å². The smallest absolute Gasteiger partial charge is 0.422 e. The van der Waals surface area contributed by atoms with Gasteiger partial charge in [0.2, 0.25) is 0 Å². The standard InChI is InChI=1S/C29H29F3N4O4/c30-29(31,32)16-40-21-7-8-22-19(13-21)9-11-28(22)14-23-25(27(39)34-28)24(36(35-23)12-10-17-1-2-17)15-33-26(38)18-3-5-20(37)6-4-18/h3-8,13,17,37H,1-2,9-12,14-16H2,(H,33,38)(H,34,39)/t28-/m0/s1. The van der Waals surface area contributed by atoms with Crippen molar-refractivity contribution >= 4 is 11.8 Å². The van der Waals surface area contributed by atoms with Gasteiger partial charge in [0.1, 0.15) is 11.5 Å². The van der Waals surface area contributed by atoms with E-state index in [2.05, 4.69) is 10.6 Å². The molecule has 2 aromatic carbocycles. The van der Waals surface area contributed by atoms with Gasteiger partial charge < -0.3 is 20.5 Å². The van der Waals surface area contributed by atoms with E-state index >= 15 is 0 Å². The number of phenols is 1. The molecule has 1 aliphatic heterocycles. The molecule has 8 nitrogen and oxygen atoms in total. The molecule has 11 heteroatoms. The third kappa shape index (κ3) is 5.24. The second-order valence-corrected chi connectivity index (χ2v) is 10.9. The first kappa shape index (κ1) is 26.2. The average Bonchev–Trinajstić information content (AvgIpc) is 3.60. The van der Waals surface area contributed by atoms with E-state index < -0.39 is 18.3 Å². The van der Waals surface area contributed by atoms with Gasteiger partial charge >= 0.3 is 6.18 Å². The van der Waals surface area contributed by atoms with Crippen LogP contribution in [-0.2, 0) is 31.5 Å². The Bertz CT molecular complexity index is 1460. The number of fused-ring (bicyclic) bond motifs is 3. The number of phenolic OH excluding ortho intramolecular Hbond substituents is 1. The summed E-state index contributed by atoms with van der Waals surface area (Å²) >= 11 is 0. The molecule has 1 spiro atoms. The number of hydrogen-bond acceptors (Lipinski definition) is 5. The molecule has 1 atom stereocenters. The molecule has 0 bridgehead atoms. The first-order valence-corrected chi connectivity index (χ1v) is 13.4. The average molecular weight is 555 g/mol. The van der Waals surface area contributed by atoms with E-state index in [0.717, 1.165) is 17.5 Å². The highest BCUT2D eigenvalue weighted by molar-refractivity contribution is 5.99. The molecule has 1 aromatic heterocycles. The van der Waals surface area contributed by atoms with Gasteiger partial charge in [-0.1, -0.05) is 18.9 Å². The molecule has 2 amide bonds. The molecule has 3 aliphatic rings. The van der Waals surface area contributed by atoms with Gasteiger partial charge in [0.25, 0.3) is 11.8 Å². The van der Waals surface area contributed by atoms with Crippen molar-refractivity contribution in [3.8, 4) is 11.5 Å². The second kappa shape index (κ2) is 9.87. The Morgan fingerprint density at radius 2 is 1.98 bits per heavy atom. The number of aryl methyl sites for hydroxylation is 2. The van der Waals surface area contributed by atoms with E-state index in [9.17, 15) is 27.9 Å². The van der Waals surface area contributed by atoms with Crippen molar-refractivity contribution in [1.29, 1.82) is 0 Å². The molecule has 40 heavy (non-hydrogen) atoms. The van der Waals surface area contributed by atoms with Crippen LogP contribution < -0.4 is 15.4 Å². The molecule has 1 saturated carbocycles. The number of ether oxygens (including phenoxy) is 1. The topological polar surface area (TPSA) is 105 Å². The minimum Gasteiger partial charge on any atom is -0.508 e. The number of nitrogens with one attached hydrogen (secondary N) is 2. The first-order chi connectivity index (χ1) is 19.1. The van der Waals surface area contributed by atoms with E-state index in [1.165, 1.54) is 43.2 Å². The fourth-order valence-corrected chi connectivity index (χ4v) is 5.80. The number of benzene rings is 2. The summed E-state index contributed by atoms with van der Waals surface area (Å²) in [5.74, 6) is 0.249. The maximum atomic E-state index is 13.6. The minimum atomic E-state index is -4.42. The summed E-state index contributed by atoms with van der Waals surface area (Å²) < 4.78 is 44.6. The van der Waals surface area contributed by atoms with Crippen LogP contribution in [0.3, 0.4) is 0 Å². The highest BCUT2D eigenvalue weighted by Crippen LogP contribution is 2.44. The fourth-order valence-electron chi connectivity index (χ4n) is 5.80. The third-order valence-electron chi connectivity index (χ3n) is 7.99. The number of aromatic nitrogens is 2. The van der Waals surface area contributed by atoms with Gasteiger partial charge in [-0.2, -0.15) is 18.3 Å². The molecule has 1 fully saturated rings. The van der Waals surface area contributed by atoms with Crippen LogP contribution in [0.5, 0.6) is 11.5 Å². The van der Waals surface area contributed by atoms with E-state index in [1.54, 1.807) is 12.1 Å². The molecule has 210 valence electrons. The number of hydrogen-bond donors (Lipinski definition) is 3. The number of nitrogens with zero attached hydrogens (tertiary/aromatic N) is 2. The maximum absolute atomic E-state index is 13.6. The Labute approximate surface area is 228 Å². The van der Waals surface area contributed by atoms with Crippen LogP contribution >= 0.6 is 0 Å². The maximum Gasteiger partial charge on any atom is 0.422 e. The van der Waals surface area contributed by atoms with Crippen LogP contribution in [-0.4, -0.2) is 39.5 Å². The van der Waals surface area contributed by atoms with Crippen LogP contribution in [0, 0.1) is 5.92 Å². The highest BCUT2D eigenvalue weighted by atomic mass is 19.4. The Kier molecular flexibility index (Phi) is 6.47. The fraction of sp³-hybridized carbons (Fsp3) is 0.414. The lowest BCUT2D eigenvalue weighted by atomic mass is 9.82. The number of alkyl halides is 3. The Morgan fingerprint density at radius 1 is 1.20 bits per heavy atom. The van der Waals surface area contributed by atoms with Crippen LogP contribution in [0.15, 0.2) is 42.5 Å². The van der Waals surface area contributed by atoms with Crippen LogP contribution in [0.1, 0.15) is 68.9 Å². The van der Waals surface area contributed by atoms with Gasteiger partial charge in [0.15, 0.2) is 6.61 Å². The van der Waals surface area contributed by atoms with Crippen molar-refractivity contribution in [1.82, 2.24) is 20.4 Å². The molecule has 2 heterocycles. The van der Waals surface area contributed by atoms with Crippen molar-refractivity contribution < 1.29 is 32.6 Å². The summed E-state index contributed by atoms with van der Waals surface area (Å²) in [5, 5.41) is 20.4. The number of rotatable bonds is 8. The summed E-state index contributed by atoms with van der Waals surface area (Å²) in [7, 11) is 0. The number of halogens is 3. The van der Waals surface area contributed by atoms with E-state index in [-0.39, 0.29) is 29.9 Å². The molecule has 0 unspecified atom stereocenters. The van der Waals surface area contributed by atoms with E-state index in [0.29, 0.717) is 54.2 Å². The summed E-state index contributed by atoms with van der Waals surface area (Å²) in [6, 6.07) is 10.8. The first-order valence-electron chi connectivity index (χ1n) is 13.4. The molecular weight excluding hydrogens is 525 g/mol. The normalized spacial score (nSPS) is 19.7. The van der Waals surface area contributed by atoms with Crippen LogP contribution in [0.2, 0.25) is 0 Å². The molecule has 3 N–H and O–H groups in total. The molecule has 3 aromatic rings. The molecule has 0 radical (unpaired) electrons. The third-order valence-corrected chi connectivity index (χ3v) is 7.99.